The van der Waals surface area contributed by atoms with Crippen molar-refractivity contribution in [3.8, 4) is 5.75 Å². The maximum atomic E-state index is 5.71. The Balaban J connectivity index is 2.63. The summed E-state index contributed by atoms with van der Waals surface area (Å²) in [6, 6.07) is 5.70. The Bertz CT molecular complexity index is 397. The van der Waals surface area contributed by atoms with Crippen molar-refractivity contribution in [3.63, 3.8) is 0 Å². The third kappa shape index (κ3) is 4.74. The molecule has 0 aliphatic heterocycles. The fourth-order valence-corrected chi connectivity index (χ4v) is 2.28. The lowest BCUT2D eigenvalue weighted by Gasteiger charge is -2.12. The van der Waals surface area contributed by atoms with E-state index in [1.54, 1.807) is 7.11 Å². The number of benzene rings is 1. The van der Waals surface area contributed by atoms with Gasteiger partial charge >= 0.3 is 0 Å². The first-order valence-corrected chi connectivity index (χ1v) is 7.70. The number of unbranched alkanes of at least 4 members (excludes halogenated alkanes) is 1. The van der Waals surface area contributed by atoms with E-state index in [1.165, 1.54) is 12.2 Å². The Morgan fingerprint density at radius 2 is 2.22 bits per heavy atom. The van der Waals surface area contributed by atoms with Crippen molar-refractivity contribution in [1.29, 1.82) is 0 Å². The zero-order valence-electron chi connectivity index (χ0n) is 10.9. The number of nitrogens with two attached hydrogens (primary N) is 1. The standard InChI is InChI=1S/C13H20N2OS2/c1-16-10-5-6-11(13(14)17)12(9-10)15-7-3-4-8-18-2/h5-6,9,15H,3-4,7-8H2,1-2H3,(H2,14,17). The molecule has 0 unspecified atom stereocenters. The summed E-state index contributed by atoms with van der Waals surface area (Å²) in [6.07, 6.45) is 4.47. The predicted molar refractivity (Wildman–Crippen MR) is 85.0 cm³/mol. The quantitative estimate of drug-likeness (QED) is 0.568. The summed E-state index contributed by atoms with van der Waals surface area (Å²) < 4.78 is 5.21. The Labute approximate surface area is 118 Å². The molecule has 0 fully saturated rings. The average Bonchev–Trinajstić information content (AvgIpc) is 2.38. The molecule has 1 aromatic carbocycles. The molecule has 3 N–H and O–H groups in total. The normalized spacial score (nSPS) is 10.1. The fourth-order valence-electron chi connectivity index (χ4n) is 1.61. The topological polar surface area (TPSA) is 47.3 Å². The molecule has 0 aromatic heterocycles. The van der Waals surface area contributed by atoms with Gasteiger partial charge in [0.2, 0.25) is 0 Å². The summed E-state index contributed by atoms with van der Waals surface area (Å²) in [4.78, 5) is 0.407. The molecule has 0 radical (unpaired) electrons. The van der Waals surface area contributed by atoms with Gasteiger partial charge in [-0.15, -0.1) is 0 Å². The van der Waals surface area contributed by atoms with Crippen molar-refractivity contribution >= 4 is 34.7 Å². The molecule has 0 spiro atoms. The first-order valence-electron chi connectivity index (χ1n) is 5.89. The molecule has 0 bridgehead atoms. The zero-order valence-corrected chi connectivity index (χ0v) is 12.5. The van der Waals surface area contributed by atoms with Crippen LogP contribution in [0, 0.1) is 0 Å². The molecule has 3 nitrogen and oxygen atoms in total. The fraction of sp³-hybridized carbons (Fsp3) is 0.462. The van der Waals surface area contributed by atoms with Crippen LogP contribution in [-0.2, 0) is 0 Å². The SMILES string of the molecule is COc1ccc(C(N)=S)c(NCCCCSC)c1. The van der Waals surface area contributed by atoms with E-state index in [1.807, 2.05) is 30.0 Å². The summed E-state index contributed by atoms with van der Waals surface area (Å²) in [6.45, 7) is 0.920. The van der Waals surface area contributed by atoms with Gasteiger partial charge in [-0.25, -0.2) is 0 Å². The minimum absolute atomic E-state index is 0.407. The van der Waals surface area contributed by atoms with E-state index in [2.05, 4.69) is 11.6 Å². The van der Waals surface area contributed by atoms with Gasteiger partial charge in [-0.05, 0) is 37.0 Å². The second kappa shape index (κ2) is 8.21. The number of thiocarbonyl (C=S) groups is 1. The summed E-state index contributed by atoms with van der Waals surface area (Å²) in [5.74, 6) is 2.00. The highest BCUT2D eigenvalue weighted by atomic mass is 32.2. The minimum atomic E-state index is 0.407. The molecular formula is C13H20N2OS2. The van der Waals surface area contributed by atoms with Crippen LogP contribution in [-0.4, -0.2) is 30.7 Å². The van der Waals surface area contributed by atoms with Crippen molar-refractivity contribution in [2.24, 2.45) is 5.73 Å². The van der Waals surface area contributed by atoms with E-state index in [0.29, 0.717) is 4.99 Å². The number of nitrogens with one attached hydrogen (secondary N) is 1. The minimum Gasteiger partial charge on any atom is -0.497 e. The van der Waals surface area contributed by atoms with Crippen LogP contribution in [0.2, 0.25) is 0 Å². The number of hydrogen-bond donors (Lipinski definition) is 2. The lowest BCUT2D eigenvalue weighted by atomic mass is 10.1. The lowest BCUT2D eigenvalue weighted by molar-refractivity contribution is 0.415. The Morgan fingerprint density at radius 1 is 1.44 bits per heavy atom. The molecule has 1 aromatic rings. The zero-order chi connectivity index (χ0) is 13.4. The Morgan fingerprint density at radius 3 is 2.83 bits per heavy atom. The molecule has 0 heterocycles. The van der Waals surface area contributed by atoms with Gasteiger partial charge in [-0.2, -0.15) is 11.8 Å². The number of rotatable bonds is 8. The largest absolute Gasteiger partial charge is 0.497 e. The van der Waals surface area contributed by atoms with Gasteiger partial charge in [0.25, 0.3) is 0 Å². The van der Waals surface area contributed by atoms with Gasteiger partial charge in [0.1, 0.15) is 10.7 Å². The Kier molecular flexibility index (Phi) is 6.90. The van der Waals surface area contributed by atoms with Gasteiger partial charge in [-0.3, -0.25) is 0 Å². The molecule has 5 heteroatoms. The number of thioether (sulfide) groups is 1. The van der Waals surface area contributed by atoms with Crippen molar-refractivity contribution in [1.82, 2.24) is 0 Å². The third-order valence-corrected chi connectivity index (χ3v) is 3.50. The molecule has 0 amide bonds. The number of hydrogen-bond acceptors (Lipinski definition) is 4. The smallest absolute Gasteiger partial charge is 0.120 e. The number of ether oxygens (including phenoxy) is 1. The molecule has 0 saturated heterocycles. The average molecular weight is 284 g/mol. The van der Waals surface area contributed by atoms with Gasteiger partial charge < -0.3 is 15.8 Å². The van der Waals surface area contributed by atoms with Gasteiger partial charge in [0, 0.05) is 23.9 Å². The van der Waals surface area contributed by atoms with Crippen LogP contribution in [0.4, 0.5) is 5.69 Å². The van der Waals surface area contributed by atoms with Crippen LogP contribution in [0.25, 0.3) is 0 Å². The van der Waals surface area contributed by atoms with Gasteiger partial charge in [0.05, 0.1) is 7.11 Å². The van der Waals surface area contributed by atoms with E-state index >= 15 is 0 Å². The van der Waals surface area contributed by atoms with E-state index in [-0.39, 0.29) is 0 Å². The van der Waals surface area contributed by atoms with Crippen molar-refractivity contribution in [3.05, 3.63) is 23.8 Å². The monoisotopic (exact) mass is 284 g/mol. The van der Waals surface area contributed by atoms with Gasteiger partial charge in [0.15, 0.2) is 0 Å². The van der Waals surface area contributed by atoms with Crippen LogP contribution in [0.5, 0.6) is 5.75 Å². The maximum Gasteiger partial charge on any atom is 0.120 e. The highest BCUT2D eigenvalue weighted by Gasteiger charge is 2.06. The van der Waals surface area contributed by atoms with Crippen molar-refractivity contribution in [2.45, 2.75) is 12.8 Å². The predicted octanol–water partition coefficient (Wildman–Crippen LogP) is 2.88. The highest BCUT2D eigenvalue weighted by molar-refractivity contribution is 7.98. The van der Waals surface area contributed by atoms with E-state index in [0.717, 1.165) is 30.0 Å². The summed E-state index contributed by atoms with van der Waals surface area (Å²) in [5.41, 5.74) is 7.53. The van der Waals surface area contributed by atoms with E-state index in [4.69, 9.17) is 22.7 Å². The molecule has 0 aliphatic carbocycles. The highest BCUT2D eigenvalue weighted by Crippen LogP contribution is 2.22. The first-order chi connectivity index (χ1) is 8.69. The van der Waals surface area contributed by atoms with Crippen LogP contribution in [0.3, 0.4) is 0 Å². The molecule has 100 valence electrons. The summed E-state index contributed by atoms with van der Waals surface area (Å²) in [5, 5.41) is 3.37. The number of methoxy groups -OCH3 is 1. The second-order valence-corrected chi connectivity index (χ2v) is 5.33. The molecule has 0 saturated carbocycles. The van der Waals surface area contributed by atoms with E-state index < -0.39 is 0 Å². The van der Waals surface area contributed by atoms with Crippen LogP contribution in [0.15, 0.2) is 18.2 Å². The molecule has 18 heavy (non-hydrogen) atoms. The first kappa shape index (κ1) is 15.1. The van der Waals surface area contributed by atoms with E-state index in [9.17, 15) is 0 Å². The second-order valence-electron chi connectivity index (χ2n) is 3.90. The molecular weight excluding hydrogens is 264 g/mol. The Hall–Kier alpha value is -0.940. The van der Waals surface area contributed by atoms with Crippen LogP contribution >= 0.6 is 24.0 Å². The van der Waals surface area contributed by atoms with Gasteiger partial charge in [-0.1, -0.05) is 12.2 Å². The van der Waals surface area contributed by atoms with Crippen LogP contribution < -0.4 is 15.8 Å². The summed E-state index contributed by atoms with van der Waals surface area (Å²) in [7, 11) is 1.65. The van der Waals surface area contributed by atoms with Crippen molar-refractivity contribution < 1.29 is 4.74 Å². The van der Waals surface area contributed by atoms with Crippen molar-refractivity contribution in [2.75, 3.05) is 31.0 Å². The maximum absolute atomic E-state index is 5.71. The lowest BCUT2D eigenvalue weighted by Crippen LogP contribution is -2.14. The molecule has 0 atom stereocenters. The molecule has 0 aliphatic rings. The van der Waals surface area contributed by atoms with Crippen LogP contribution in [0.1, 0.15) is 18.4 Å². The molecule has 1 rings (SSSR count). The summed E-state index contributed by atoms with van der Waals surface area (Å²) >= 11 is 6.92. The number of anilines is 1. The third-order valence-electron chi connectivity index (χ3n) is 2.58.